The van der Waals surface area contributed by atoms with E-state index in [1.807, 2.05) is 30.3 Å². The van der Waals surface area contributed by atoms with Crippen molar-refractivity contribution in [2.75, 3.05) is 11.9 Å². The van der Waals surface area contributed by atoms with Gasteiger partial charge >= 0.3 is 0 Å². The van der Waals surface area contributed by atoms with Crippen molar-refractivity contribution in [1.29, 1.82) is 0 Å². The van der Waals surface area contributed by atoms with Crippen molar-refractivity contribution in [2.24, 2.45) is 0 Å². The van der Waals surface area contributed by atoms with Crippen LogP contribution in [0, 0.1) is 0 Å². The number of carbonyl (C=O) groups excluding carboxylic acids is 3. The lowest BCUT2D eigenvalue weighted by Crippen LogP contribution is -2.32. The minimum atomic E-state index is -0.317. The maximum atomic E-state index is 12.1. The zero-order valence-corrected chi connectivity index (χ0v) is 14.0. The molecule has 6 heteroatoms. The third kappa shape index (κ3) is 6.10. The number of rotatable bonds is 7. The van der Waals surface area contributed by atoms with Gasteiger partial charge in [-0.1, -0.05) is 37.3 Å². The highest BCUT2D eigenvalue weighted by molar-refractivity contribution is 5.96. The fourth-order valence-electron chi connectivity index (χ4n) is 2.09. The Morgan fingerprint density at radius 1 is 0.840 bits per heavy atom. The van der Waals surface area contributed by atoms with Crippen LogP contribution in [0.2, 0.25) is 0 Å². The highest BCUT2D eigenvalue weighted by Crippen LogP contribution is 2.10. The molecule has 0 aliphatic heterocycles. The van der Waals surface area contributed by atoms with E-state index in [9.17, 15) is 14.4 Å². The van der Waals surface area contributed by atoms with Crippen LogP contribution in [-0.2, 0) is 16.1 Å². The number of carbonyl (C=O) groups is 3. The molecular formula is C19H21N3O3. The zero-order valence-electron chi connectivity index (χ0n) is 14.0. The summed E-state index contributed by atoms with van der Waals surface area (Å²) in [6.45, 7) is 2.09. The van der Waals surface area contributed by atoms with Crippen LogP contribution < -0.4 is 16.0 Å². The summed E-state index contributed by atoms with van der Waals surface area (Å²) in [5.74, 6) is -0.680. The standard InChI is InChI=1S/C19H21N3O3/c1-2-17(23)20-13-18(24)22-16-10-8-15(9-11-16)19(25)21-12-14-6-4-3-5-7-14/h3-11H,2,12-13H2,1H3,(H,20,23)(H,21,25)(H,22,24). The lowest BCUT2D eigenvalue weighted by molar-refractivity contribution is -0.123. The Hall–Kier alpha value is -3.15. The summed E-state index contributed by atoms with van der Waals surface area (Å²) in [4.78, 5) is 34.9. The van der Waals surface area contributed by atoms with Crippen molar-refractivity contribution < 1.29 is 14.4 Å². The summed E-state index contributed by atoms with van der Waals surface area (Å²) < 4.78 is 0. The molecule has 0 aromatic heterocycles. The van der Waals surface area contributed by atoms with Gasteiger partial charge in [-0.25, -0.2) is 0 Å². The molecule has 0 saturated heterocycles. The first kappa shape index (κ1) is 18.2. The Morgan fingerprint density at radius 2 is 1.52 bits per heavy atom. The molecule has 0 spiro atoms. The third-order valence-corrected chi connectivity index (χ3v) is 3.49. The zero-order chi connectivity index (χ0) is 18.1. The summed E-state index contributed by atoms with van der Waals surface area (Å²) in [6.07, 6.45) is 0.333. The van der Waals surface area contributed by atoms with Gasteiger partial charge in [0.1, 0.15) is 0 Å². The monoisotopic (exact) mass is 339 g/mol. The van der Waals surface area contributed by atoms with Gasteiger partial charge in [0.15, 0.2) is 0 Å². The molecule has 0 aliphatic carbocycles. The molecule has 0 bridgehead atoms. The number of hydrogen-bond donors (Lipinski definition) is 3. The fourth-order valence-corrected chi connectivity index (χ4v) is 2.09. The number of nitrogens with one attached hydrogen (secondary N) is 3. The Balaban J connectivity index is 1.83. The number of amides is 3. The normalized spacial score (nSPS) is 9.96. The second kappa shape index (κ2) is 9.22. The molecule has 0 unspecified atom stereocenters. The van der Waals surface area contributed by atoms with E-state index in [0.29, 0.717) is 24.2 Å². The van der Waals surface area contributed by atoms with Gasteiger partial charge in [-0.15, -0.1) is 0 Å². The Bertz CT molecular complexity index is 727. The van der Waals surface area contributed by atoms with E-state index in [-0.39, 0.29) is 24.3 Å². The van der Waals surface area contributed by atoms with Crippen LogP contribution in [0.15, 0.2) is 54.6 Å². The smallest absolute Gasteiger partial charge is 0.251 e. The number of hydrogen-bond acceptors (Lipinski definition) is 3. The summed E-state index contributed by atoms with van der Waals surface area (Å²) in [7, 11) is 0. The van der Waals surface area contributed by atoms with E-state index in [0.717, 1.165) is 5.56 Å². The Labute approximate surface area is 146 Å². The van der Waals surface area contributed by atoms with E-state index in [1.54, 1.807) is 31.2 Å². The molecule has 0 fully saturated rings. The van der Waals surface area contributed by atoms with Gasteiger partial charge in [-0.05, 0) is 29.8 Å². The first-order valence-corrected chi connectivity index (χ1v) is 8.07. The lowest BCUT2D eigenvalue weighted by Gasteiger charge is -2.08. The first-order chi connectivity index (χ1) is 12.1. The molecule has 0 atom stereocenters. The van der Waals surface area contributed by atoms with Crippen molar-refractivity contribution in [1.82, 2.24) is 10.6 Å². The maximum absolute atomic E-state index is 12.1. The van der Waals surface area contributed by atoms with Gasteiger partial charge in [-0.2, -0.15) is 0 Å². The number of anilines is 1. The van der Waals surface area contributed by atoms with Crippen molar-refractivity contribution >= 4 is 23.4 Å². The van der Waals surface area contributed by atoms with Crippen LogP contribution in [-0.4, -0.2) is 24.3 Å². The van der Waals surface area contributed by atoms with Crippen molar-refractivity contribution in [2.45, 2.75) is 19.9 Å². The summed E-state index contributed by atoms with van der Waals surface area (Å²) >= 11 is 0. The molecule has 0 aliphatic rings. The molecular weight excluding hydrogens is 318 g/mol. The highest BCUT2D eigenvalue weighted by atomic mass is 16.2. The average molecular weight is 339 g/mol. The van der Waals surface area contributed by atoms with Crippen LogP contribution in [0.3, 0.4) is 0 Å². The molecule has 25 heavy (non-hydrogen) atoms. The van der Waals surface area contributed by atoms with Gasteiger partial charge in [0.25, 0.3) is 5.91 Å². The largest absolute Gasteiger partial charge is 0.348 e. The van der Waals surface area contributed by atoms with Crippen molar-refractivity contribution in [3.63, 3.8) is 0 Å². The SMILES string of the molecule is CCC(=O)NCC(=O)Nc1ccc(C(=O)NCc2ccccc2)cc1. The quantitative estimate of drug-likeness (QED) is 0.722. The van der Waals surface area contributed by atoms with Crippen LogP contribution in [0.5, 0.6) is 0 Å². The summed E-state index contributed by atoms with van der Waals surface area (Å²) in [5, 5.41) is 8.00. The second-order valence-corrected chi connectivity index (χ2v) is 5.42. The van der Waals surface area contributed by atoms with E-state index >= 15 is 0 Å². The Morgan fingerprint density at radius 3 is 2.16 bits per heavy atom. The molecule has 2 rings (SSSR count). The minimum Gasteiger partial charge on any atom is -0.348 e. The number of benzene rings is 2. The van der Waals surface area contributed by atoms with Gasteiger partial charge in [0.2, 0.25) is 11.8 Å². The molecule has 2 aromatic rings. The highest BCUT2D eigenvalue weighted by Gasteiger charge is 2.07. The van der Waals surface area contributed by atoms with E-state index in [2.05, 4.69) is 16.0 Å². The first-order valence-electron chi connectivity index (χ1n) is 8.07. The summed E-state index contributed by atoms with van der Waals surface area (Å²) in [5.41, 5.74) is 2.09. The molecule has 0 heterocycles. The molecule has 0 saturated carbocycles. The minimum absolute atomic E-state index is 0.0774. The predicted octanol–water partition coefficient (Wildman–Crippen LogP) is 2.08. The van der Waals surface area contributed by atoms with E-state index < -0.39 is 0 Å². The molecule has 3 N–H and O–H groups in total. The van der Waals surface area contributed by atoms with Gasteiger partial charge in [0.05, 0.1) is 6.54 Å². The van der Waals surface area contributed by atoms with Crippen molar-refractivity contribution in [3.8, 4) is 0 Å². The molecule has 130 valence electrons. The van der Waals surface area contributed by atoms with E-state index in [1.165, 1.54) is 0 Å². The predicted molar refractivity (Wildman–Crippen MR) is 96.0 cm³/mol. The molecule has 0 radical (unpaired) electrons. The summed E-state index contributed by atoms with van der Waals surface area (Å²) in [6, 6.07) is 16.2. The van der Waals surface area contributed by atoms with Crippen LogP contribution in [0.25, 0.3) is 0 Å². The maximum Gasteiger partial charge on any atom is 0.251 e. The molecule has 6 nitrogen and oxygen atoms in total. The Kier molecular flexibility index (Phi) is 6.71. The third-order valence-electron chi connectivity index (χ3n) is 3.49. The van der Waals surface area contributed by atoms with E-state index in [4.69, 9.17) is 0 Å². The van der Waals surface area contributed by atoms with Crippen LogP contribution >= 0.6 is 0 Å². The van der Waals surface area contributed by atoms with Gasteiger partial charge in [0, 0.05) is 24.2 Å². The fraction of sp³-hybridized carbons (Fsp3) is 0.211. The van der Waals surface area contributed by atoms with Crippen LogP contribution in [0.1, 0.15) is 29.3 Å². The van der Waals surface area contributed by atoms with Gasteiger partial charge < -0.3 is 16.0 Å². The topological polar surface area (TPSA) is 87.3 Å². The van der Waals surface area contributed by atoms with Gasteiger partial charge in [-0.3, -0.25) is 14.4 Å². The second-order valence-electron chi connectivity index (χ2n) is 5.42. The average Bonchev–Trinajstić information content (AvgIpc) is 2.65. The van der Waals surface area contributed by atoms with Crippen LogP contribution in [0.4, 0.5) is 5.69 Å². The lowest BCUT2D eigenvalue weighted by atomic mass is 10.1. The van der Waals surface area contributed by atoms with Crippen molar-refractivity contribution in [3.05, 3.63) is 65.7 Å². The molecule has 3 amide bonds. The molecule has 2 aromatic carbocycles.